The van der Waals surface area contributed by atoms with Gasteiger partial charge >= 0.3 is 0 Å². The molecule has 0 radical (unpaired) electrons. The van der Waals surface area contributed by atoms with Gasteiger partial charge in [0.05, 0.1) is 11.0 Å². The minimum absolute atomic E-state index is 0.616. The summed E-state index contributed by atoms with van der Waals surface area (Å²) in [6.45, 7) is 0. The normalized spacial score (nSPS) is 11.5. The second-order valence-corrected chi connectivity index (χ2v) is 14.4. The zero-order chi connectivity index (χ0) is 37.7. The van der Waals surface area contributed by atoms with Gasteiger partial charge in [0.2, 0.25) is 5.89 Å². The van der Waals surface area contributed by atoms with Crippen molar-refractivity contribution in [1.29, 1.82) is 0 Å². The first-order chi connectivity index (χ1) is 28.3. The maximum absolute atomic E-state index is 6.49. The minimum Gasteiger partial charge on any atom is -0.435 e. The third-order valence-electron chi connectivity index (χ3n) is 11.0. The summed E-state index contributed by atoms with van der Waals surface area (Å²) < 4.78 is 8.90. The fourth-order valence-corrected chi connectivity index (χ4v) is 8.36. The van der Waals surface area contributed by atoms with Gasteiger partial charge in [0.15, 0.2) is 5.58 Å². The number of fused-ring (bicyclic) bond motifs is 6. The Morgan fingerprint density at radius 2 is 1.04 bits per heavy atom. The van der Waals surface area contributed by atoms with Crippen LogP contribution in [0.15, 0.2) is 217 Å². The summed E-state index contributed by atoms with van der Waals surface area (Å²) in [7, 11) is 0. The number of nitrogens with zero attached hydrogens (tertiary/aromatic N) is 3. The van der Waals surface area contributed by atoms with E-state index >= 15 is 0 Å². The molecular formula is C53H35N3O. The van der Waals surface area contributed by atoms with Gasteiger partial charge in [-0.2, -0.15) is 0 Å². The number of hydrogen-bond acceptors (Lipinski definition) is 3. The monoisotopic (exact) mass is 729 g/mol. The first-order valence-corrected chi connectivity index (χ1v) is 19.3. The quantitative estimate of drug-likeness (QED) is 0.164. The van der Waals surface area contributed by atoms with Crippen molar-refractivity contribution < 1.29 is 4.42 Å². The molecule has 268 valence electrons. The van der Waals surface area contributed by atoms with E-state index in [1.54, 1.807) is 0 Å². The third kappa shape index (κ3) is 5.66. The van der Waals surface area contributed by atoms with E-state index in [9.17, 15) is 0 Å². The van der Waals surface area contributed by atoms with Crippen molar-refractivity contribution in [2.45, 2.75) is 0 Å². The number of hydrogen-bond donors (Lipinski definition) is 0. The lowest BCUT2D eigenvalue weighted by atomic mass is 10.0. The van der Waals surface area contributed by atoms with E-state index in [1.807, 2.05) is 36.4 Å². The van der Waals surface area contributed by atoms with Crippen molar-refractivity contribution in [3.8, 4) is 39.4 Å². The largest absolute Gasteiger partial charge is 0.435 e. The predicted octanol–water partition coefficient (Wildman–Crippen LogP) is 14.5. The molecule has 0 spiro atoms. The molecule has 0 bridgehead atoms. The van der Waals surface area contributed by atoms with Crippen LogP contribution in [-0.4, -0.2) is 9.55 Å². The average Bonchev–Trinajstić information content (AvgIpc) is 3.88. The van der Waals surface area contributed by atoms with Crippen LogP contribution in [0.1, 0.15) is 0 Å². The molecule has 0 N–H and O–H groups in total. The van der Waals surface area contributed by atoms with Crippen LogP contribution in [0.25, 0.3) is 83.1 Å². The minimum atomic E-state index is 0.616. The fourth-order valence-electron chi connectivity index (χ4n) is 8.36. The fraction of sp³-hybridized carbons (Fsp3) is 0. The summed E-state index contributed by atoms with van der Waals surface area (Å²) in [5.74, 6) is 0.616. The summed E-state index contributed by atoms with van der Waals surface area (Å²) in [6.07, 6.45) is 0. The van der Waals surface area contributed by atoms with Crippen molar-refractivity contribution >= 4 is 60.7 Å². The van der Waals surface area contributed by atoms with Gasteiger partial charge in [-0.15, -0.1) is 0 Å². The van der Waals surface area contributed by atoms with Crippen molar-refractivity contribution in [3.05, 3.63) is 212 Å². The molecule has 0 saturated carbocycles. The number of para-hydroxylation sites is 3. The van der Waals surface area contributed by atoms with Gasteiger partial charge in [-0.05, 0) is 94.9 Å². The maximum atomic E-state index is 6.49. The molecule has 11 rings (SSSR count). The first kappa shape index (κ1) is 32.7. The van der Waals surface area contributed by atoms with Crippen LogP contribution in [0.3, 0.4) is 0 Å². The van der Waals surface area contributed by atoms with Crippen molar-refractivity contribution in [3.63, 3.8) is 0 Å². The van der Waals surface area contributed by atoms with E-state index in [2.05, 4.69) is 185 Å². The molecule has 11 aromatic rings. The molecule has 9 aromatic carbocycles. The molecule has 0 aliphatic rings. The second-order valence-electron chi connectivity index (χ2n) is 14.4. The zero-order valence-electron chi connectivity index (χ0n) is 31.0. The number of anilines is 3. The van der Waals surface area contributed by atoms with E-state index in [0.717, 1.165) is 56.1 Å². The van der Waals surface area contributed by atoms with E-state index < -0.39 is 0 Å². The Morgan fingerprint density at radius 1 is 0.421 bits per heavy atom. The lowest BCUT2D eigenvalue weighted by molar-refractivity contribution is 0.621. The van der Waals surface area contributed by atoms with Crippen molar-refractivity contribution in [1.82, 2.24) is 9.55 Å². The topological polar surface area (TPSA) is 34.2 Å². The first-order valence-electron chi connectivity index (χ1n) is 19.3. The van der Waals surface area contributed by atoms with E-state index in [-0.39, 0.29) is 0 Å². The SMILES string of the molecule is c1ccc(-c2cccc(N(c3cccc(-c4cccc5nc(-c6ccccc6)oc45)c3)c3ccc4c(ccc5c6ccccc6n(-c6ccccc6)c45)c3)c2)cc1. The molecular weight excluding hydrogens is 695 g/mol. The average molecular weight is 730 g/mol. The van der Waals surface area contributed by atoms with Gasteiger partial charge in [0.1, 0.15) is 5.52 Å². The van der Waals surface area contributed by atoms with Gasteiger partial charge in [0, 0.05) is 50.0 Å². The Morgan fingerprint density at radius 3 is 1.82 bits per heavy atom. The summed E-state index contributed by atoms with van der Waals surface area (Å²) in [4.78, 5) is 7.23. The highest BCUT2D eigenvalue weighted by atomic mass is 16.3. The standard InChI is InChI=1S/C53H35N3O/c1-4-15-36(16-5-1)38-19-12-23-42(33-38)55(43-24-13-20-39(34-43)46-26-14-27-49-52(46)57-53(54-49)37-17-6-2-7-18-37)44-30-32-45-40(35-44)29-31-48-47-25-10-11-28-50(47)56(51(45)48)41-21-8-3-9-22-41/h1-35H. The molecule has 0 aliphatic carbocycles. The molecule has 2 aromatic heterocycles. The van der Waals surface area contributed by atoms with E-state index in [0.29, 0.717) is 5.89 Å². The van der Waals surface area contributed by atoms with Gasteiger partial charge in [0.25, 0.3) is 0 Å². The Kier molecular flexibility index (Phi) is 7.78. The Balaban J connectivity index is 1.10. The van der Waals surface area contributed by atoms with Crippen LogP contribution in [0.5, 0.6) is 0 Å². The third-order valence-corrected chi connectivity index (χ3v) is 11.0. The highest BCUT2D eigenvalue weighted by molar-refractivity contribution is 6.19. The molecule has 0 unspecified atom stereocenters. The van der Waals surface area contributed by atoms with Crippen molar-refractivity contribution in [2.24, 2.45) is 0 Å². The number of rotatable bonds is 7. The Hall–Kier alpha value is -7.69. The zero-order valence-corrected chi connectivity index (χ0v) is 31.0. The molecule has 57 heavy (non-hydrogen) atoms. The van der Waals surface area contributed by atoms with Crippen LogP contribution in [0, 0.1) is 0 Å². The van der Waals surface area contributed by atoms with Gasteiger partial charge in [-0.25, -0.2) is 4.98 Å². The van der Waals surface area contributed by atoms with Crippen LogP contribution >= 0.6 is 0 Å². The maximum Gasteiger partial charge on any atom is 0.227 e. The molecule has 0 amide bonds. The summed E-state index contributed by atoms with van der Waals surface area (Å²) in [6, 6.07) is 75.2. The number of benzene rings is 9. The number of oxazole rings is 1. The highest BCUT2D eigenvalue weighted by Gasteiger charge is 2.20. The highest BCUT2D eigenvalue weighted by Crippen LogP contribution is 2.43. The second kappa shape index (κ2) is 13.6. The van der Waals surface area contributed by atoms with Crippen molar-refractivity contribution in [2.75, 3.05) is 4.90 Å². The van der Waals surface area contributed by atoms with Crippen LogP contribution in [0.2, 0.25) is 0 Å². The molecule has 4 nitrogen and oxygen atoms in total. The summed E-state index contributed by atoms with van der Waals surface area (Å²) in [5.41, 5.74) is 13.7. The summed E-state index contributed by atoms with van der Waals surface area (Å²) >= 11 is 0. The Labute approximate surface area is 330 Å². The van der Waals surface area contributed by atoms with Crippen LogP contribution < -0.4 is 4.90 Å². The lowest BCUT2D eigenvalue weighted by Crippen LogP contribution is -2.10. The van der Waals surface area contributed by atoms with Gasteiger partial charge in [-0.3, -0.25) is 0 Å². The molecule has 0 fully saturated rings. The molecule has 0 aliphatic heterocycles. The number of aromatic nitrogens is 2. The molecule has 4 heteroatoms. The van der Waals surface area contributed by atoms with Crippen LogP contribution in [0.4, 0.5) is 17.1 Å². The van der Waals surface area contributed by atoms with Gasteiger partial charge in [-0.1, -0.05) is 140 Å². The lowest BCUT2D eigenvalue weighted by Gasteiger charge is -2.27. The van der Waals surface area contributed by atoms with E-state index in [1.165, 1.54) is 38.1 Å². The van der Waals surface area contributed by atoms with Crippen LogP contribution in [-0.2, 0) is 0 Å². The Bertz CT molecular complexity index is 3240. The predicted molar refractivity (Wildman–Crippen MR) is 237 cm³/mol. The summed E-state index contributed by atoms with van der Waals surface area (Å²) in [5, 5.41) is 4.86. The van der Waals surface area contributed by atoms with Gasteiger partial charge < -0.3 is 13.9 Å². The molecule has 0 atom stereocenters. The smallest absolute Gasteiger partial charge is 0.227 e. The molecule has 2 heterocycles. The molecule has 0 saturated heterocycles. The van der Waals surface area contributed by atoms with E-state index in [4.69, 9.17) is 9.40 Å².